The largest absolute Gasteiger partial charge is 0.349 e. The van der Waals surface area contributed by atoms with Gasteiger partial charge in [-0.2, -0.15) is 0 Å². The van der Waals surface area contributed by atoms with Crippen molar-refractivity contribution in [3.05, 3.63) is 127 Å². The van der Waals surface area contributed by atoms with Crippen LogP contribution in [0.2, 0.25) is 0 Å². The topological polar surface area (TPSA) is 50.7 Å². The predicted molar refractivity (Wildman–Crippen MR) is 155 cm³/mol. The van der Waals surface area contributed by atoms with Gasteiger partial charge in [0.1, 0.15) is 0 Å². The molecule has 0 unspecified atom stereocenters. The van der Waals surface area contributed by atoms with E-state index in [2.05, 4.69) is 59.9 Å². The maximum atomic E-state index is 4.89. The first-order chi connectivity index (χ1) is 18.3. The van der Waals surface area contributed by atoms with Gasteiger partial charge in [0.2, 0.25) is 0 Å². The van der Waals surface area contributed by atoms with Gasteiger partial charge in [-0.05, 0) is 17.5 Å². The molecule has 1 aromatic heterocycles. The number of hydrogen-bond donors (Lipinski definition) is 2. The van der Waals surface area contributed by atoms with E-state index < -0.39 is 0 Å². The van der Waals surface area contributed by atoms with Crippen molar-refractivity contribution in [2.24, 2.45) is 0 Å². The number of aromatic nitrogens is 3. The monoisotopic (exact) mass is 494 g/mol. The summed E-state index contributed by atoms with van der Waals surface area (Å²) in [6, 6.07) is 41.5. The fourth-order valence-electron chi connectivity index (χ4n) is 4.62. The van der Waals surface area contributed by atoms with Crippen molar-refractivity contribution in [1.29, 1.82) is 0 Å². The van der Waals surface area contributed by atoms with Gasteiger partial charge in [0.05, 0.1) is 10.7 Å². The molecule has 6 aromatic rings. The van der Waals surface area contributed by atoms with Crippen LogP contribution in [0.25, 0.3) is 44.9 Å². The summed E-state index contributed by atoms with van der Waals surface area (Å²) in [5, 5.41) is 6.02. The molecule has 0 fully saturated rings. The molecule has 37 heavy (non-hydrogen) atoms. The van der Waals surface area contributed by atoms with Crippen molar-refractivity contribution in [3.8, 4) is 34.2 Å². The quantitative estimate of drug-likeness (QED) is 0.197. The van der Waals surface area contributed by atoms with E-state index in [1.165, 1.54) is 37.9 Å². The summed E-state index contributed by atoms with van der Waals surface area (Å²) < 4.78 is 0. The first-order valence-corrected chi connectivity index (χ1v) is 13.1. The van der Waals surface area contributed by atoms with Gasteiger partial charge < -0.3 is 5.32 Å². The summed E-state index contributed by atoms with van der Waals surface area (Å²) in [5.41, 5.74) is 5.29. The lowest BCUT2D eigenvalue weighted by molar-refractivity contribution is 1.07. The van der Waals surface area contributed by atoms with Crippen LogP contribution in [0.1, 0.15) is 5.56 Å². The zero-order valence-electron chi connectivity index (χ0n) is 19.8. The van der Waals surface area contributed by atoms with Gasteiger partial charge in [-0.3, -0.25) is 0 Å². The molecular formula is C32H22N4S. The number of fused-ring (bicyclic) bond motifs is 3. The van der Waals surface area contributed by atoms with E-state index in [9.17, 15) is 0 Å². The molecule has 0 radical (unpaired) electrons. The molecule has 0 bridgehead atoms. The summed E-state index contributed by atoms with van der Waals surface area (Å²) in [6.07, 6.45) is 0. The van der Waals surface area contributed by atoms with E-state index in [4.69, 9.17) is 15.0 Å². The maximum absolute atomic E-state index is 4.89. The van der Waals surface area contributed by atoms with Gasteiger partial charge >= 0.3 is 0 Å². The molecule has 2 heterocycles. The van der Waals surface area contributed by atoms with E-state index in [0.29, 0.717) is 17.5 Å². The highest BCUT2D eigenvalue weighted by Gasteiger charge is 2.17. The molecular weight excluding hydrogens is 472 g/mol. The van der Waals surface area contributed by atoms with Gasteiger partial charge in [0.25, 0.3) is 0 Å². The molecule has 0 atom stereocenters. The van der Waals surface area contributed by atoms with Crippen LogP contribution in [0.5, 0.6) is 0 Å². The smallest absolute Gasteiger partial charge is 0.164 e. The van der Waals surface area contributed by atoms with E-state index in [-0.39, 0.29) is 0 Å². The Labute approximate surface area is 218 Å². The van der Waals surface area contributed by atoms with Crippen molar-refractivity contribution in [3.63, 3.8) is 0 Å². The molecule has 5 aromatic carbocycles. The predicted octanol–water partition coefficient (Wildman–Crippen LogP) is 7.45. The molecule has 0 spiro atoms. The summed E-state index contributed by atoms with van der Waals surface area (Å²) >= 11 is 1.20. The molecule has 0 saturated carbocycles. The average molecular weight is 495 g/mol. The zero-order valence-corrected chi connectivity index (χ0v) is 20.7. The van der Waals surface area contributed by atoms with Crippen LogP contribution in [0.3, 0.4) is 0 Å². The highest BCUT2D eigenvalue weighted by atomic mass is 32.1. The van der Waals surface area contributed by atoms with Gasteiger partial charge in [-0.15, -0.1) is 11.4 Å². The molecule has 1 N–H and O–H groups in total. The minimum absolute atomic E-state index is 0.665. The fourth-order valence-corrected chi connectivity index (χ4v) is 5.74. The first kappa shape index (κ1) is 21.7. The first-order valence-electron chi connectivity index (χ1n) is 12.2. The van der Waals surface area contributed by atoms with Crippen LogP contribution in [-0.2, 0) is 0 Å². The van der Waals surface area contributed by atoms with Gasteiger partial charge in [0, 0.05) is 32.5 Å². The van der Waals surface area contributed by atoms with E-state index >= 15 is 0 Å². The summed E-state index contributed by atoms with van der Waals surface area (Å²) in [4.78, 5) is 17.1. The lowest BCUT2D eigenvalue weighted by Gasteiger charge is -2.11. The third-order valence-corrected chi connectivity index (χ3v) is 7.69. The Balaban J connectivity index is 1.32. The summed E-state index contributed by atoms with van der Waals surface area (Å²) in [7, 11) is 0. The van der Waals surface area contributed by atoms with E-state index in [1.807, 2.05) is 66.7 Å². The molecule has 1 aliphatic heterocycles. The molecule has 7 rings (SSSR count). The van der Waals surface area contributed by atoms with Crippen molar-refractivity contribution in [2.45, 2.75) is 4.90 Å². The van der Waals surface area contributed by atoms with Crippen LogP contribution < -0.4 is 5.32 Å². The number of rotatable bonds is 4. The van der Waals surface area contributed by atoms with Crippen molar-refractivity contribution in [2.75, 3.05) is 5.32 Å². The molecule has 4 nitrogen and oxygen atoms in total. The Morgan fingerprint density at radius 1 is 0.486 bits per heavy atom. The molecule has 5 heteroatoms. The molecule has 176 valence electrons. The van der Waals surface area contributed by atoms with Crippen molar-refractivity contribution in [1.82, 2.24) is 15.0 Å². The summed E-state index contributed by atoms with van der Waals surface area (Å²) in [6.45, 7) is 0. The Bertz CT molecular complexity index is 1730. The zero-order chi connectivity index (χ0) is 24.6. The Kier molecular flexibility index (Phi) is 5.34. The Hall–Kier alpha value is -4.61. The number of anilines is 1. The van der Waals surface area contributed by atoms with E-state index in [0.717, 1.165) is 22.1 Å². The van der Waals surface area contributed by atoms with Gasteiger partial charge in [0.15, 0.2) is 17.5 Å². The van der Waals surface area contributed by atoms with Gasteiger partial charge in [-0.25, -0.2) is 15.0 Å². The van der Waals surface area contributed by atoms with Crippen LogP contribution in [0, 0.1) is 0 Å². The summed E-state index contributed by atoms with van der Waals surface area (Å²) in [5.74, 6) is 2.00. The number of nitrogens with zero attached hydrogens (tertiary/aromatic N) is 3. The molecule has 1 aliphatic rings. The standard InChI is InChI=1S/C32H22N4S/c1-4-10-21(11-5-1)29-34-30(22-12-6-2-7-13-22)36-31(35-29)25-16-18-26-24(20-25)17-19-27-28(26)33-32(37-27)23-14-8-3-9-15-23/h1-20,33,37H. The Morgan fingerprint density at radius 2 is 1.03 bits per heavy atom. The lowest BCUT2D eigenvalue weighted by Crippen LogP contribution is -2.07. The minimum Gasteiger partial charge on any atom is -0.349 e. The second-order valence-corrected chi connectivity index (χ2v) is 10.0. The van der Waals surface area contributed by atoms with Crippen molar-refractivity contribution < 1.29 is 0 Å². The SMILES string of the molecule is c1ccc(C2=[SH]c3ccc4cc(-c5nc(-c6ccccc6)nc(-c6ccccc6)n5)ccc4c3N2)cc1. The highest BCUT2D eigenvalue weighted by molar-refractivity contribution is 7.99. The number of nitrogens with one attached hydrogen (secondary N) is 1. The number of thiol groups is 1. The van der Waals surface area contributed by atoms with Crippen LogP contribution in [-0.4, -0.2) is 19.9 Å². The second-order valence-electron chi connectivity index (χ2n) is 8.89. The normalized spacial score (nSPS) is 12.4. The van der Waals surface area contributed by atoms with Crippen LogP contribution >= 0.6 is 11.4 Å². The minimum atomic E-state index is 0.665. The van der Waals surface area contributed by atoms with Crippen LogP contribution in [0.4, 0.5) is 5.69 Å². The van der Waals surface area contributed by atoms with Gasteiger partial charge in [-0.1, -0.05) is 109 Å². The number of hydrogen-bond acceptors (Lipinski definition) is 4. The maximum Gasteiger partial charge on any atom is 0.164 e. The third kappa shape index (κ3) is 4.09. The van der Waals surface area contributed by atoms with Crippen LogP contribution in [0.15, 0.2) is 126 Å². The number of benzene rings is 5. The third-order valence-electron chi connectivity index (χ3n) is 6.48. The second kappa shape index (κ2) is 9.12. The van der Waals surface area contributed by atoms with E-state index in [1.54, 1.807) is 0 Å². The lowest BCUT2D eigenvalue weighted by atomic mass is 10.0. The fraction of sp³-hybridized carbons (Fsp3) is 0. The highest BCUT2D eigenvalue weighted by Crippen LogP contribution is 2.39. The molecule has 0 amide bonds. The van der Waals surface area contributed by atoms with Crippen molar-refractivity contribution >= 4 is 32.8 Å². The average Bonchev–Trinajstić information content (AvgIpc) is 3.43. The molecule has 0 aliphatic carbocycles. The molecule has 0 saturated heterocycles. The Morgan fingerprint density at radius 3 is 1.62 bits per heavy atom.